The Morgan fingerprint density at radius 2 is 1.81 bits per heavy atom. The number of benzene rings is 2. The first kappa shape index (κ1) is 29.7. The molecule has 0 saturated heterocycles. The third-order valence-electron chi connectivity index (χ3n) is 7.39. The van der Waals surface area contributed by atoms with Gasteiger partial charge in [-0.05, 0) is 43.2 Å². The van der Waals surface area contributed by atoms with E-state index < -0.39 is 0 Å². The molecule has 1 aliphatic heterocycles. The van der Waals surface area contributed by atoms with Crippen LogP contribution < -0.4 is 4.74 Å². The number of aromatic nitrogens is 1. The van der Waals surface area contributed by atoms with E-state index in [-0.39, 0.29) is 43.0 Å². The van der Waals surface area contributed by atoms with E-state index in [1.54, 1.807) is 0 Å². The van der Waals surface area contributed by atoms with E-state index in [0.29, 0.717) is 0 Å². The molecule has 1 N–H and O–H groups in total. The molecule has 1 aliphatic rings. The van der Waals surface area contributed by atoms with E-state index in [1.165, 1.54) is 6.08 Å². The van der Waals surface area contributed by atoms with E-state index in [2.05, 4.69) is 30.1 Å². The molecule has 1 aromatic heterocycles. The van der Waals surface area contributed by atoms with Crippen molar-refractivity contribution in [2.75, 3.05) is 0 Å². The Morgan fingerprint density at radius 3 is 2.42 bits per heavy atom. The second-order valence-corrected chi connectivity index (χ2v) is 9.67. The van der Waals surface area contributed by atoms with Crippen molar-refractivity contribution in [2.45, 2.75) is 74.1 Å². The number of pyridine rings is 1. The van der Waals surface area contributed by atoms with Gasteiger partial charge in [0.15, 0.2) is 5.78 Å². The fourth-order valence-electron chi connectivity index (χ4n) is 4.49. The van der Waals surface area contributed by atoms with E-state index in [0.717, 1.165) is 70.3 Å². The van der Waals surface area contributed by atoms with Crippen LogP contribution in [0.1, 0.15) is 71.4 Å². The third kappa shape index (κ3) is 6.07. The van der Waals surface area contributed by atoms with E-state index in [9.17, 15) is 9.90 Å². The van der Waals surface area contributed by atoms with Gasteiger partial charge in [0.1, 0.15) is 11.5 Å². The second kappa shape index (κ2) is 12.7. The number of hydrogen-bond donors (Lipinski definition) is 1. The molecule has 4 rings (SSSR count). The van der Waals surface area contributed by atoms with E-state index in [4.69, 9.17) is 4.74 Å². The van der Waals surface area contributed by atoms with Crippen LogP contribution in [-0.4, -0.2) is 15.9 Å². The van der Waals surface area contributed by atoms with Crippen molar-refractivity contribution in [3.05, 3.63) is 65.6 Å². The number of carbonyl (C=O) groups excluding carboxylic acids is 1. The Bertz CT molecular complexity index is 1230. The Morgan fingerprint density at radius 1 is 1.14 bits per heavy atom. The van der Waals surface area contributed by atoms with Crippen LogP contribution in [0, 0.1) is 31.2 Å². The van der Waals surface area contributed by atoms with Gasteiger partial charge in [0.05, 0.1) is 0 Å². The summed E-state index contributed by atoms with van der Waals surface area (Å²) >= 11 is 0. The molecule has 36 heavy (non-hydrogen) atoms. The Hall–Kier alpha value is -2.49. The van der Waals surface area contributed by atoms with Crippen LogP contribution in [0.4, 0.5) is 0 Å². The van der Waals surface area contributed by atoms with Crippen LogP contribution in [0.15, 0.2) is 48.4 Å². The number of carbonyl (C=O) groups is 1. The van der Waals surface area contributed by atoms with Gasteiger partial charge >= 0.3 is 0 Å². The number of nitrogens with zero attached hydrogens (tertiary/aromatic N) is 1. The van der Waals surface area contributed by atoms with Crippen molar-refractivity contribution in [1.29, 1.82) is 0 Å². The molecule has 0 aliphatic carbocycles. The Kier molecular flexibility index (Phi) is 10.5. The molecule has 2 aromatic carbocycles. The number of aliphatic hydroxyl groups excluding tert-OH is 1. The fraction of sp³-hybridized carbons (Fsp3) is 0.419. The van der Waals surface area contributed by atoms with Crippen molar-refractivity contribution >= 4 is 16.6 Å². The van der Waals surface area contributed by atoms with Crippen LogP contribution in [-0.2, 0) is 24.9 Å². The number of fused-ring (bicyclic) bond motifs is 2. The summed E-state index contributed by atoms with van der Waals surface area (Å²) in [6, 6.07) is 13.6. The van der Waals surface area contributed by atoms with Gasteiger partial charge in [0.2, 0.25) is 0 Å². The van der Waals surface area contributed by atoms with Crippen LogP contribution in [0.2, 0.25) is 0 Å². The maximum Gasteiger partial charge on any atom is 0.162 e. The zero-order chi connectivity index (χ0) is 25.8. The van der Waals surface area contributed by atoms with Crippen LogP contribution in [0.3, 0.4) is 0 Å². The summed E-state index contributed by atoms with van der Waals surface area (Å²) in [6.07, 6.45) is 6.68. The third-order valence-corrected chi connectivity index (χ3v) is 7.39. The average Bonchev–Trinajstić information content (AvgIpc) is 2.85. The molecule has 195 valence electrons. The molecule has 0 spiro atoms. The molecule has 3 aromatic rings. The number of allylic oxidation sites excluding steroid dienone is 2. The molecule has 0 saturated carbocycles. The van der Waals surface area contributed by atoms with Gasteiger partial charge in [-0.15, -0.1) is 17.7 Å². The topological polar surface area (TPSA) is 59.4 Å². The Balaban J connectivity index is 0.000000252. The SMILES string of the molecule is CCC(CC)C(=O)/C=C(\O)C(C)(CC)CC.Cc1[c-]c2c(c(C)c1)Oc1cccc3ccnc-2c13.[Ir]. The van der Waals surface area contributed by atoms with Crippen molar-refractivity contribution in [3.8, 4) is 22.8 Å². The zero-order valence-electron chi connectivity index (χ0n) is 22.5. The number of hydrogen-bond acceptors (Lipinski definition) is 4. The van der Waals surface area contributed by atoms with E-state index in [1.807, 2.05) is 65.9 Å². The fourth-order valence-corrected chi connectivity index (χ4v) is 4.49. The first-order chi connectivity index (χ1) is 16.7. The van der Waals surface area contributed by atoms with Gasteiger partial charge in [-0.25, -0.2) is 0 Å². The number of rotatable bonds is 7. The number of aliphatic hydroxyl groups is 1. The maximum absolute atomic E-state index is 11.9. The summed E-state index contributed by atoms with van der Waals surface area (Å²) in [5.74, 6) is 2.13. The van der Waals surface area contributed by atoms with Gasteiger partial charge in [0, 0.05) is 60.5 Å². The zero-order valence-corrected chi connectivity index (χ0v) is 24.9. The van der Waals surface area contributed by atoms with Crippen molar-refractivity contribution in [3.63, 3.8) is 0 Å². The van der Waals surface area contributed by atoms with Crippen LogP contribution in [0.5, 0.6) is 11.5 Å². The summed E-state index contributed by atoms with van der Waals surface area (Å²) in [5, 5.41) is 12.3. The standard InChI is InChI=1S/C17H12NO.C14H26O2.Ir/c1-10-8-11(2)17-13(9-10)16-15-12(6-7-18-16)4-3-5-14(15)19-17;1-6-11(7-2)12(15)10-13(16)14(5,8-3)9-4;/h3-8H,1-2H3;10-11,16H,6-9H2,1-5H3;/q-1;;/b;13-10-;. The van der Waals surface area contributed by atoms with Gasteiger partial charge in [-0.2, -0.15) is 0 Å². The molecule has 2 heterocycles. The molecular weight excluding hydrogens is 627 g/mol. The minimum Gasteiger partial charge on any atom is -0.512 e. The Labute approximate surface area is 229 Å². The first-order valence-corrected chi connectivity index (χ1v) is 12.7. The minimum absolute atomic E-state index is 0. The second-order valence-electron chi connectivity index (χ2n) is 9.67. The quantitative estimate of drug-likeness (QED) is 0.122. The molecule has 0 atom stereocenters. The van der Waals surface area contributed by atoms with Crippen LogP contribution in [0.25, 0.3) is 22.0 Å². The predicted molar refractivity (Wildman–Crippen MR) is 144 cm³/mol. The van der Waals surface area contributed by atoms with Gasteiger partial charge < -0.3 is 14.8 Å². The number of ketones is 1. The van der Waals surface area contributed by atoms with Crippen molar-refractivity contribution in [2.24, 2.45) is 11.3 Å². The van der Waals surface area contributed by atoms with Gasteiger partial charge in [-0.3, -0.25) is 4.79 Å². The summed E-state index contributed by atoms with van der Waals surface area (Å²) in [4.78, 5) is 16.4. The summed E-state index contributed by atoms with van der Waals surface area (Å²) < 4.78 is 6.06. The molecule has 0 amide bonds. The molecule has 0 fully saturated rings. The van der Waals surface area contributed by atoms with Crippen molar-refractivity contribution < 1.29 is 34.7 Å². The number of ether oxygens (including phenoxy) is 1. The summed E-state index contributed by atoms with van der Waals surface area (Å²) in [6.45, 7) is 14.2. The summed E-state index contributed by atoms with van der Waals surface area (Å²) in [5.41, 5.74) is 3.93. The molecule has 4 nitrogen and oxygen atoms in total. The molecule has 1 radical (unpaired) electrons. The first-order valence-electron chi connectivity index (χ1n) is 12.7. The molecule has 5 heteroatoms. The molecule has 0 bridgehead atoms. The van der Waals surface area contributed by atoms with Gasteiger partial charge in [-0.1, -0.05) is 71.7 Å². The monoisotopic (exact) mass is 665 g/mol. The van der Waals surface area contributed by atoms with Crippen molar-refractivity contribution in [1.82, 2.24) is 4.98 Å². The van der Waals surface area contributed by atoms with Crippen LogP contribution >= 0.6 is 0 Å². The summed E-state index contributed by atoms with van der Waals surface area (Å²) in [7, 11) is 0. The minimum atomic E-state index is -0.248. The molecule has 0 unspecified atom stereocenters. The average molecular weight is 665 g/mol. The van der Waals surface area contributed by atoms with E-state index >= 15 is 0 Å². The predicted octanol–water partition coefficient (Wildman–Crippen LogP) is 8.68. The normalized spacial score (nSPS) is 12.3. The maximum atomic E-state index is 11.9. The smallest absolute Gasteiger partial charge is 0.162 e. The number of aryl methyl sites for hydroxylation is 2. The van der Waals surface area contributed by atoms with Gasteiger partial charge in [0.25, 0.3) is 0 Å². The largest absolute Gasteiger partial charge is 0.512 e. The molecular formula is C31H38IrNO3-.